The fourth-order valence-corrected chi connectivity index (χ4v) is 0.872. The Hall–Kier alpha value is -1.46. The number of hydrogen-bond donors (Lipinski definition) is 0. The molecule has 0 aromatic rings. The molecule has 0 heterocycles. The second-order valence-electron chi connectivity index (χ2n) is 4.73. The molecule has 0 N–H and O–H groups in total. The van der Waals surface area contributed by atoms with E-state index < -0.39 is 12.3 Å². The maximum absolute atomic E-state index is 10.9. The number of rotatable bonds is 6. The van der Waals surface area contributed by atoms with Crippen LogP contribution < -0.4 is 0 Å². The van der Waals surface area contributed by atoms with Crippen LogP contribution in [0.4, 0.5) is 9.59 Å². The first kappa shape index (κ1) is 16.5. The predicted molar refractivity (Wildman–Crippen MR) is 63.8 cm³/mol. The second kappa shape index (κ2) is 9.56. The summed E-state index contributed by atoms with van der Waals surface area (Å²) < 4.78 is 9.30. The topological polar surface area (TPSA) is 71.1 Å². The van der Waals surface area contributed by atoms with Crippen molar-refractivity contribution in [1.29, 1.82) is 0 Å². The van der Waals surface area contributed by atoms with Crippen molar-refractivity contribution < 1.29 is 28.8 Å². The minimum atomic E-state index is -1.04. The first-order valence-corrected chi connectivity index (χ1v) is 6.09. The molecule has 6 heteroatoms. The molecule has 0 aliphatic heterocycles. The van der Waals surface area contributed by atoms with Crippen LogP contribution in [0.1, 0.15) is 40.5 Å². The van der Waals surface area contributed by atoms with Crippen molar-refractivity contribution in [2.24, 2.45) is 11.8 Å². The number of carbonyl (C=O) groups is 2. The predicted octanol–water partition coefficient (Wildman–Crippen LogP) is 3.30. The maximum Gasteiger partial charge on any atom is 0.549 e. The molecule has 6 nitrogen and oxygen atoms in total. The zero-order valence-corrected chi connectivity index (χ0v) is 11.4. The van der Waals surface area contributed by atoms with Gasteiger partial charge >= 0.3 is 12.3 Å². The van der Waals surface area contributed by atoms with E-state index in [4.69, 9.17) is 0 Å². The molecule has 0 aromatic heterocycles. The molecule has 0 aliphatic carbocycles. The summed E-state index contributed by atoms with van der Waals surface area (Å²) in [4.78, 5) is 30.1. The average Bonchev–Trinajstić information content (AvgIpc) is 2.25. The van der Waals surface area contributed by atoms with E-state index in [9.17, 15) is 9.59 Å². The molecule has 0 atom stereocenters. The Morgan fingerprint density at radius 3 is 1.39 bits per heavy atom. The standard InChI is InChI=1S/C12H22O6/c1-9(2)5-7-15-11(13)17-18-12(14)16-8-6-10(3)4/h9-10H,5-8H2,1-4H3. The van der Waals surface area contributed by atoms with Crippen molar-refractivity contribution in [2.75, 3.05) is 13.2 Å². The molecule has 0 saturated heterocycles. The summed E-state index contributed by atoms with van der Waals surface area (Å²) in [5.41, 5.74) is 0. The van der Waals surface area contributed by atoms with E-state index in [0.29, 0.717) is 24.7 Å². The van der Waals surface area contributed by atoms with Crippen LogP contribution in [0.25, 0.3) is 0 Å². The highest BCUT2D eigenvalue weighted by Gasteiger charge is 2.12. The zero-order chi connectivity index (χ0) is 14.0. The second-order valence-corrected chi connectivity index (χ2v) is 4.73. The lowest BCUT2D eigenvalue weighted by Gasteiger charge is -2.07. The molecule has 0 bridgehead atoms. The van der Waals surface area contributed by atoms with E-state index in [-0.39, 0.29) is 13.2 Å². The van der Waals surface area contributed by atoms with Gasteiger partial charge in [-0.15, -0.1) is 0 Å². The Morgan fingerprint density at radius 2 is 1.11 bits per heavy atom. The Morgan fingerprint density at radius 1 is 0.778 bits per heavy atom. The number of hydrogen-bond acceptors (Lipinski definition) is 6. The van der Waals surface area contributed by atoms with Gasteiger partial charge in [-0.3, -0.25) is 0 Å². The van der Waals surface area contributed by atoms with Crippen LogP contribution in [0.15, 0.2) is 0 Å². The molecule has 0 fully saturated rings. The Bertz CT molecular complexity index is 223. The van der Waals surface area contributed by atoms with Gasteiger partial charge in [-0.25, -0.2) is 0 Å². The fraction of sp³-hybridized carbons (Fsp3) is 0.833. The molecule has 18 heavy (non-hydrogen) atoms. The van der Waals surface area contributed by atoms with E-state index in [1.54, 1.807) is 0 Å². The van der Waals surface area contributed by atoms with Crippen LogP contribution in [-0.4, -0.2) is 25.5 Å². The van der Waals surface area contributed by atoms with Crippen LogP contribution >= 0.6 is 0 Å². The van der Waals surface area contributed by atoms with Gasteiger partial charge in [0.05, 0.1) is 13.2 Å². The van der Waals surface area contributed by atoms with Gasteiger partial charge in [0.1, 0.15) is 0 Å². The summed E-state index contributed by atoms with van der Waals surface area (Å²) in [6.45, 7) is 8.44. The molecule has 0 rings (SSSR count). The van der Waals surface area contributed by atoms with Crippen molar-refractivity contribution in [2.45, 2.75) is 40.5 Å². The molecular weight excluding hydrogens is 240 g/mol. The average molecular weight is 262 g/mol. The summed E-state index contributed by atoms with van der Waals surface area (Å²) in [6.07, 6.45) is -0.657. The smallest absolute Gasteiger partial charge is 0.432 e. The molecule has 0 spiro atoms. The molecule has 0 saturated carbocycles. The van der Waals surface area contributed by atoms with Gasteiger partial charge < -0.3 is 9.47 Å². The highest BCUT2D eigenvalue weighted by atomic mass is 17.3. The normalized spacial score (nSPS) is 10.3. The molecule has 0 aliphatic rings. The van der Waals surface area contributed by atoms with Gasteiger partial charge in [-0.1, -0.05) is 27.7 Å². The van der Waals surface area contributed by atoms with Crippen LogP contribution in [0.2, 0.25) is 0 Å². The maximum atomic E-state index is 10.9. The lowest BCUT2D eigenvalue weighted by atomic mass is 10.1. The van der Waals surface area contributed by atoms with Crippen LogP contribution in [0.5, 0.6) is 0 Å². The lowest BCUT2D eigenvalue weighted by Crippen LogP contribution is -2.15. The van der Waals surface area contributed by atoms with E-state index in [2.05, 4.69) is 19.2 Å². The first-order chi connectivity index (χ1) is 8.41. The first-order valence-electron chi connectivity index (χ1n) is 6.09. The van der Waals surface area contributed by atoms with Crippen molar-refractivity contribution >= 4 is 12.3 Å². The summed E-state index contributed by atoms with van der Waals surface area (Å²) in [5.74, 6) is 0.833. The van der Waals surface area contributed by atoms with E-state index in [0.717, 1.165) is 0 Å². The monoisotopic (exact) mass is 262 g/mol. The Labute approximate surface area is 107 Å². The number of carbonyl (C=O) groups excluding carboxylic acids is 2. The Balaban J connectivity index is 3.50. The minimum Gasteiger partial charge on any atom is -0.432 e. The third kappa shape index (κ3) is 11.0. The molecule has 0 radical (unpaired) electrons. The highest BCUT2D eigenvalue weighted by Crippen LogP contribution is 2.02. The van der Waals surface area contributed by atoms with Crippen LogP contribution in [-0.2, 0) is 19.2 Å². The van der Waals surface area contributed by atoms with Gasteiger partial charge in [0.15, 0.2) is 0 Å². The van der Waals surface area contributed by atoms with Crippen molar-refractivity contribution in [3.63, 3.8) is 0 Å². The molecule has 106 valence electrons. The van der Waals surface area contributed by atoms with Crippen LogP contribution in [0.3, 0.4) is 0 Å². The van der Waals surface area contributed by atoms with E-state index in [1.165, 1.54) is 0 Å². The summed E-state index contributed by atoms with van der Waals surface area (Å²) in [7, 11) is 0. The zero-order valence-electron chi connectivity index (χ0n) is 11.4. The molecule has 0 aromatic carbocycles. The Kier molecular flexibility index (Phi) is 8.78. The van der Waals surface area contributed by atoms with Gasteiger partial charge in [0.25, 0.3) is 0 Å². The van der Waals surface area contributed by atoms with Gasteiger partial charge in [0.2, 0.25) is 0 Å². The summed E-state index contributed by atoms with van der Waals surface area (Å²) in [5, 5.41) is 0. The van der Waals surface area contributed by atoms with Gasteiger partial charge in [-0.05, 0) is 24.7 Å². The van der Waals surface area contributed by atoms with Crippen molar-refractivity contribution in [3.8, 4) is 0 Å². The summed E-state index contributed by atoms with van der Waals surface area (Å²) >= 11 is 0. The molecule has 0 amide bonds. The van der Waals surface area contributed by atoms with E-state index in [1.807, 2.05) is 27.7 Å². The fourth-order valence-electron chi connectivity index (χ4n) is 0.872. The highest BCUT2D eigenvalue weighted by molar-refractivity contribution is 5.63. The molecule has 0 unspecified atom stereocenters. The summed E-state index contributed by atoms with van der Waals surface area (Å²) in [6, 6.07) is 0. The van der Waals surface area contributed by atoms with Gasteiger partial charge in [0, 0.05) is 0 Å². The molecular formula is C12H22O6. The number of ether oxygens (including phenoxy) is 2. The van der Waals surface area contributed by atoms with Crippen LogP contribution in [0, 0.1) is 11.8 Å². The minimum absolute atomic E-state index is 0.224. The largest absolute Gasteiger partial charge is 0.549 e. The van der Waals surface area contributed by atoms with Crippen molar-refractivity contribution in [3.05, 3.63) is 0 Å². The van der Waals surface area contributed by atoms with Gasteiger partial charge in [-0.2, -0.15) is 19.4 Å². The quantitative estimate of drug-likeness (QED) is 0.415. The van der Waals surface area contributed by atoms with Crippen molar-refractivity contribution in [1.82, 2.24) is 0 Å². The lowest BCUT2D eigenvalue weighted by molar-refractivity contribution is -0.218. The third-order valence-electron chi connectivity index (χ3n) is 2.01. The third-order valence-corrected chi connectivity index (χ3v) is 2.01. The SMILES string of the molecule is CC(C)CCOC(=O)OOC(=O)OCCC(C)C. The van der Waals surface area contributed by atoms with E-state index >= 15 is 0 Å².